The Labute approximate surface area is 165 Å². The average molecular weight is 408 g/mol. The maximum Gasteiger partial charge on any atom is 0.203 e. The van der Waals surface area contributed by atoms with Gasteiger partial charge in [-0.1, -0.05) is 35.3 Å². The van der Waals surface area contributed by atoms with Gasteiger partial charge in [0, 0.05) is 16.5 Å². The van der Waals surface area contributed by atoms with E-state index in [1.807, 2.05) is 35.7 Å². The molecule has 0 amide bonds. The molecule has 0 saturated heterocycles. The number of hydrogen-bond donors (Lipinski definition) is 1. The third-order valence-corrected chi connectivity index (χ3v) is 5.11. The van der Waals surface area contributed by atoms with Gasteiger partial charge in [-0.3, -0.25) is 5.43 Å². The van der Waals surface area contributed by atoms with Gasteiger partial charge in [-0.25, -0.2) is 4.98 Å². The summed E-state index contributed by atoms with van der Waals surface area (Å²) in [5.74, 6) is 1.33. The van der Waals surface area contributed by atoms with Crippen LogP contribution in [-0.2, 0) is 0 Å². The molecule has 0 atom stereocenters. The minimum atomic E-state index is 0.463. The fraction of sp³-hybridized carbons (Fsp3) is 0.111. The number of hydrogen-bond acceptors (Lipinski definition) is 6. The van der Waals surface area contributed by atoms with Gasteiger partial charge < -0.3 is 9.47 Å². The number of methoxy groups -OCH3 is 2. The van der Waals surface area contributed by atoms with Crippen LogP contribution in [0.25, 0.3) is 11.3 Å². The molecule has 3 rings (SSSR count). The number of ether oxygens (including phenoxy) is 2. The van der Waals surface area contributed by atoms with Gasteiger partial charge in [0.05, 0.1) is 36.2 Å². The smallest absolute Gasteiger partial charge is 0.203 e. The van der Waals surface area contributed by atoms with E-state index in [1.54, 1.807) is 26.5 Å². The molecule has 1 aromatic heterocycles. The topological polar surface area (TPSA) is 55.7 Å². The van der Waals surface area contributed by atoms with Crippen molar-refractivity contribution in [1.82, 2.24) is 4.98 Å². The first-order valence-corrected chi connectivity index (χ1v) is 9.17. The first-order chi connectivity index (χ1) is 12.6. The van der Waals surface area contributed by atoms with Crippen molar-refractivity contribution >= 4 is 45.9 Å². The minimum absolute atomic E-state index is 0.463. The number of anilines is 1. The van der Waals surface area contributed by atoms with Crippen LogP contribution < -0.4 is 14.9 Å². The zero-order valence-electron chi connectivity index (χ0n) is 14.0. The van der Waals surface area contributed by atoms with Gasteiger partial charge in [0.2, 0.25) is 5.13 Å². The van der Waals surface area contributed by atoms with Crippen LogP contribution in [0.5, 0.6) is 11.5 Å². The molecule has 2 aromatic carbocycles. The van der Waals surface area contributed by atoms with E-state index >= 15 is 0 Å². The molecule has 26 heavy (non-hydrogen) atoms. The van der Waals surface area contributed by atoms with E-state index in [0.717, 1.165) is 16.8 Å². The summed E-state index contributed by atoms with van der Waals surface area (Å²) in [7, 11) is 3.21. The van der Waals surface area contributed by atoms with E-state index in [9.17, 15) is 0 Å². The summed E-state index contributed by atoms with van der Waals surface area (Å²) in [5.41, 5.74) is 5.36. The third kappa shape index (κ3) is 4.09. The van der Waals surface area contributed by atoms with Gasteiger partial charge in [0.15, 0.2) is 11.5 Å². The Balaban J connectivity index is 1.74. The van der Waals surface area contributed by atoms with Crippen molar-refractivity contribution < 1.29 is 9.47 Å². The highest BCUT2D eigenvalue weighted by Gasteiger charge is 2.09. The first kappa shape index (κ1) is 18.5. The molecule has 5 nitrogen and oxygen atoms in total. The molecule has 3 aromatic rings. The van der Waals surface area contributed by atoms with Crippen molar-refractivity contribution in [3.05, 3.63) is 57.4 Å². The highest BCUT2D eigenvalue weighted by molar-refractivity contribution is 7.14. The lowest BCUT2D eigenvalue weighted by molar-refractivity contribution is 0.355. The van der Waals surface area contributed by atoms with Gasteiger partial charge in [0.1, 0.15) is 0 Å². The lowest BCUT2D eigenvalue weighted by Crippen LogP contribution is -1.92. The molecule has 0 spiro atoms. The summed E-state index contributed by atoms with van der Waals surface area (Å²) in [6.07, 6.45) is 1.60. The Morgan fingerprint density at radius 1 is 1.12 bits per heavy atom. The number of halogens is 2. The predicted molar refractivity (Wildman–Crippen MR) is 108 cm³/mol. The van der Waals surface area contributed by atoms with Crippen LogP contribution in [0.1, 0.15) is 5.56 Å². The Morgan fingerprint density at radius 3 is 2.69 bits per heavy atom. The van der Waals surface area contributed by atoms with Crippen LogP contribution >= 0.6 is 34.5 Å². The number of thiazole rings is 1. The van der Waals surface area contributed by atoms with Gasteiger partial charge in [-0.15, -0.1) is 11.3 Å². The summed E-state index contributed by atoms with van der Waals surface area (Å²) >= 11 is 13.6. The van der Waals surface area contributed by atoms with Crippen molar-refractivity contribution in [2.24, 2.45) is 5.10 Å². The van der Waals surface area contributed by atoms with Crippen LogP contribution in [-0.4, -0.2) is 25.4 Å². The molecular weight excluding hydrogens is 393 g/mol. The lowest BCUT2D eigenvalue weighted by atomic mass is 10.1. The van der Waals surface area contributed by atoms with Crippen molar-refractivity contribution in [2.75, 3.05) is 19.6 Å². The van der Waals surface area contributed by atoms with Crippen LogP contribution in [0.3, 0.4) is 0 Å². The SMILES string of the molecule is COc1ccc(-c2csc(N/N=C\c3cccc(Cl)c3Cl)n2)cc1OC. The molecule has 0 unspecified atom stereocenters. The Kier molecular flexibility index (Phi) is 5.98. The molecule has 0 saturated carbocycles. The monoisotopic (exact) mass is 407 g/mol. The molecule has 0 aliphatic carbocycles. The lowest BCUT2D eigenvalue weighted by Gasteiger charge is -2.08. The van der Waals surface area contributed by atoms with E-state index in [4.69, 9.17) is 32.7 Å². The van der Waals surface area contributed by atoms with Crippen LogP contribution in [0.15, 0.2) is 46.9 Å². The third-order valence-electron chi connectivity index (χ3n) is 3.53. The largest absolute Gasteiger partial charge is 0.493 e. The second kappa shape index (κ2) is 8.40. The number of benzene rings is 2. The zero-order chi connectivity index (χ0) is 18.5. The minimum Gasteiger partial charge on any atom is -0.493 e. The quantitative estimate of drug-likeness (QED) is 0.427. The maximum absolute atomic E-state index is 6.13. The predicted octanol–water partition coefficient (Wildman–Crippen LogP) is 5.58. The fourth-order valence-corrected chi connectivity index (χ4v) is 3.26. The fourth-order valence-electron chi connectivity index (χ4n) is 2.23. The zero-order valence-corrected chi connectivity index (χ0v) is 16.3. The summed E-state index contributed by atoms with van der Waals surface area (Å²) in [4.78, 5) is 4.52. The van der Waals surface area contributed by atoms with Gasteiger partial charge in [-0.05, 0) is 24.3 Å². The number of rotatable bonds is 6. The van der Waals surface area contributed by atoms with E-state index in [0.29, 0.717) is 26.7 Å². The molecule has 0 bridgehead atoms. The average Bonchev–Trinajstić information content (AvgIpc) is 3.13. The molecule has 0 fully saturated rings. The summed E-state index contributed by atoms with van der Waals surface area (Å²) < 4.78 is 10.6. The van der Waals surface area contributed by atoms with Crippen molar-refractivity contribution in [1.29, 1.82) is 0 Å². The normalized spacial score (nSPS) is 10.9. The van der Waals surface area contributed by atoms with Crippen LogP contribution in [0.2, 0.25) is 10.0 Å². The van der Waals surface area contributed by atoms with Crippen molar-refractivity contribution in [3.8, 4) is 22.8 Å². The number of hydrazone groups is 1. The molecular formula is C18H15Cl2N3O2S. The van der Waals surface area contributed by atoms with E-state index in [-0.39, 0.29) is 0 Å². The van der Waals surface area contributed by atoms with Crippen molar-refractivity contribution in [3.63, 3.8) is 0 Å². The van der Waals surface area contributed by atoms with Gasteiger partial charge in [-0.2, -0.15) is 5.10 Å². The van der Waals surface area contributed by atoms with Crippen LogP contribution in [0, 0.1) is 0 Å². The number of aromatic nitrogens is 1. The molecule has 0 aliphatic rings. The second-order valence-electron chi connectivity index (χ2n) is 5.12. The Hall–Kier alpha value is -2.28. The highest BCUT2D eigenvalue weighted by Crippen LogP contribution is 2.33. The number of nitrogens with one attached hydrogen (secondary N) is 1. The van der Waals surface area contributed by atoms with Gasteiger partial charge >= 0.3 is 0 Å². The molecule has 0 radical (unpaired) electrons. The van der Waals surface area contributed by atoms with Crippen molar-refractivity contribution in [2.45, 2.75) is 0 Å². The van der Waals surface area contributed by atoms with E-state index < -0.39 is 0 Å². The summed E-state index contributed by atoms with van der Waals surface area (Å²) in [6.45, 7) is 0. The van der Waals surface area contributed by atoms with Gasteiger partial charge in [0.25, 0.3) is 0 Å². The van der Waals surface area contributed by atoms with Crippen LogP contribution in [0.4, 0.5) is 5.13 Å². The summed E-state index contributed by atoms with van der Waals surface area (Å²) in [5, 5.41) is 7.71. The Bertz CT molecular complexity index is 944. The first-order valence-electron chi connectivity index (χ1n) is 7.53. The Morgan fingerprint density at radius 2 is 1.92 bits per heavy atom. The molecule has 1 heterocycles. The highest BCUT2D eigenvalue weighted by atomic mass is 35.5. The molecule has 8 heteroatoms. The maximum atomic E-state index is 6.13. The number of nitrogens with zero attached hydrogens (tertiary/aromatic N) is 2. The standard InChI is InChI=1S/C18H15Cl2N3O2S/c1-24-15-7-6-11(8-16(15)25-2)14-10-26-18(22-14)23-21-9-12-4-3-5-13(19)17(12)20/h3-10H,1-2H3,(H,22,23)/b21-9-. The summed E-state index contributed by atoms with van der Waals surface area (Å²) in [6, 6.07) is 11.0. The van der Waals surface area contributed by atoms with E-state index in [2.05, 4.69) is 15.5 Å². The second-order valence-corrected chi connectivity index (χ2v) is 6.76. The molecule has 1 N–H and O–H groups in total. The molecule has 0 aliphatic heterocycles. The van der Waals surface area contributed by atoms with E-state index in [1.165, 1.54) is 11.3 Å². The molecule has 134 valence electrons.